The Kier molecular flexibility index (Phi) is 8.27. The van der Waals surface area contributed by atoms with Gasteiger partial charge in [0.1, 0.15) is 18.9 Å². The highest BCUT2D eigenvalue weighted by Crippen LogP contribution is 2.41. The number of hydrogen-bond donors (Lipinski definition) is 1. The maximum absolute atomic E-state index is 13.9. The van der Waals surface area contributed by atoms with Crippen LogP contribution in [0.4, 0.5) is 10.2 Å². The monoisotopic (exact) mass is 489 g/mol. The third kappa shape index (κ3) is 5.22. The lowest BCUT2D eigenvalue weighted by Gasteiger charge is -2.30. The Bertz CT molecular complexity index is 1110. The number of hydrogen-bond acceptors (Lipinski definition) is 9. The topological polar surface area (TPSA) is 131 Å². The quantitative estimate of drug-likeness (QED) is 0.304. The molecule has 190 valence electrons. The number of ether oxygens (including phenoxy) is 3. The van der Waals surface area contributed by atoms with E-state index in [-0.39, 0.29) is 41.8 Å². The Balaban J connectivity index is 1.95. The van der Waals surface area contributed by atoms with Crippen LogP contribution in [0.1, 0.15) is 66.0 Å². The zero-order valence-corrected chi connectivity index (χ0v) is 20.5. The van der Waals surface area contributed by atoms with Crippen molar-refractivity contribution in [1.82, 2.24) is 19.5 Å². The van der Waals surface area contributed by atoms with Gasteiger partial charge in [-0.05, 0) is 25.7 Å². The molecule has 1 aliphatic rings. The fourth-order valence-corrected chi connectivity index (χ4v) is 4.25. The average molecular weight is 490 g/mol. The molecule has 3 heterocycles. The predicted molar refractivity (Wildman–Crippen MR) is 125 cm³/mol. The van der Waals surface area contributed by atoms with Crippen molar-refractivity contribution < 1.29 is 28.2 Å². The van der Waals surface area contributed by atoms with Gasteiger partial charge in [-0.2, -0.15) is 14.4 Å². The molecule has 2 N–H and O–H groups in total. The molecule has 1 fully saturated rings. The SMILES string of the molecule is C#CC1(COC(=O)C(CC)CC)OC(n2cnc3c(N)nc(F)nc32)CC1OC(=O)C(CC)CC. The van der Waals surface area contributed by atoms with Gasteiger partial charge in [0.2, 0.25) is 5.60 Å². The first kappa shape index (κ1) is 26.3. The van der Waals surface area contributed by atoms with Crippen LogP contribution < -0.4 is 5.73 Å². The van der Waals surface area contributed by atoms with Crippen LogP contribution in [0.2, 0.25) is 0 Å². The lowest BCUT2D eigenvalue weighted by atomic mass is 9.97. The van der Waals surface area contributed by atoms with Crippen LogP contribution in [-0.4, -0.2) is 49.8 Å². The number of fused-ring (bicyclic) bond motifs is 1. The minimum absolute atomic E-state index is 0.104. The standard InChI is InChI=1S/C24H32FN5O5/c1-6-14(7-2)21(31)33-12-24(10-5)16(34-22(32)15(8-3)9-4)11-17(35-24)30-13-27-18-19(26)28-23(25)29-20(18)30/h5,13-17H,6-9,11-12H2,1-4H3,(H2,26,28,29). The van der Waals surface area contributed by atoms with Crippen molar-refractivity contribution in [3.05, 3.63) is 12.4 Å². The van der Waals surface area contributed by atoms with Crippen molar-refractivity contribution in [1.29, 1.82) is 0 Å². The molecule has 0 bridgehead atoms. The molecular weight excluding hydrogens is 457 g/mol. The van der Waals surface area contributed by atoms with Gasteiger partial charge in [0.05, 0.1) is 18.2 Å². The van der Waals surface area contributed by atoms with Gasteiger partial charge in [-0.15, -0.1) is 6.42 Å². The van der Waals surface area contributed by atoms with E-state index in [2.05, 4.69) is 20.9 Å². The third-order valence-corrected chi connectivity index (χ3v) is 6.58. The van der Waals surface area contributed by atoms with Crippen LogP contribution in [0.3, 0.4) is 0 Å². The third-order valence-electron chi connectivity index (χ3n) is 6.58. The molecule has 11 heteroatoms. The molecule has 0 aromatic carbocycles. The number of nitrogens with two attached hydrogens (primary N) is 1. The molecule has 3 rings (SSSR count). The van der Waals surface area contributed by atoms with E-state index in [1.165, 1.54) is 10.9 Å². The second kappa shape index (κ2) is 11.0. The minimum Gasteiger partial charge on any atom is -0.461 e. The Morgan fingerprint density at radius 2 is 1.86 bits per heavy atom. The molecule has 0 spiro atoms. The molecular formula is C24H32FN5O5. The Hall–Kier alpha value is -3.26. The maximum atomic E-state index is 13.9. The van der Waals surface area contributed by atoms with Gasteiger partial charge < -0.3 is 19.9 Å². The summed E-state index contributed by atoms with van der Waals surface area (Å²) < 4.78 is 32.9. The van der Waals surface area contributed by atoms with E-state index in [1.54, 1.807) is 0 Å². The predicted octanol–water partition coefficient (Wildman–Crippen LogP) is 3.17. The number of carbonyl (C=O) groups excluding carboxylic acids is 2. The summed E-state index contributed by atoms with van der Waals surface area (Å²) in [7, 11) is 0. The molecule has 3 unspecified atom stereocenters. The molecule has 35 heavy (non-hydrogen) atoms. The summed E-state index contributed by atoms with van der Waals surface area (Å²) in [5, 5.41) is 0. The number of nitrogen functional groups attached to an aromatic ring is 1. The van der Waals surface area contributed by atoms with E-state index in [0.717, 1.165) is 0 Å². The van der Waals surface area contributed by atoms with Crippen molar-refractivity contribution in [3.63, 3.8) is 0 Å². The second-order valence-corrected chi connectivity index (χ2v) is 8.60. The molecule has 10 nitrogen and oxygen atoms in total. The summed E-state index contributed by atoms with van der Waals surface area (Å²) in [5.74, 6) is 1.02. The molecule has 0 amide bonds. The van der Waals surface area contributed by atoms with Crippen LogP contribution in [0.15, 0.2) is 6.33 Å². The number of aromatic nitrogens is 4. The maximum Gasteiger partial charge on any atom is 0.312 e. The number of halogens is 1. The van der Waals surface area contributed by atoms with Crippen molar-refractivity contribution in [2.45, 2.75) is 77.7 Å². The molecule has 0 saturated carbocycles. The highest BCUT2D eigenvalue weighted by atomic mass is 19.1. The lowest BCUT2D eigenvalue weighted by molar-refractivity contribution is -0.171. The van der Waals surface area contributed by atoms with Gasteiger partial charge in [-0.1, -0.05) is 33.6 Å². The number of esters is 2. The van der Waals surface area contributed by atoms with Crippen molar-refractivity contribution in [2.24, 2.45) is 11.8 Å². The summed E-state index contributed by atoms with van der Waals surface area (Å²) >= 11 is 0. The fraction of sp³-hybridized carbons (Fsp3) is 0.625. The van der Waals surface area contributed by atoms with Crippen LogP contribution in [0.5, 0.6) is 0 Å². The number of anilines is 1. The van der Waals surface area contributed by atoms with Crippen LogP contribution in [0, 0.1) is 30.3 Å². The molecule has 2 aromatic heterocycles. The average Bonchev–Trinajstić information content (AvgIpc) is 3.41. The first-order chi connectivity index (χ1) is 16.7. The Labute approximate surface area is 203 Å². The van der Waals surface area contributed by atoms with Crippen molar-refractivity contribution >= 4 is 28.9 Å². The van der Waals surface area contributed by atoms with Crippen molar-refractivity contribution in [3.8, 4) is 12.3 Å². The zero-order valence-electron chi connectivity index (χ0n) is 20.5. The molecule has 1 aliphatic heterocycles. The van der Waals surface area contributed by atoms with E-state index >= 15 is 0 Å². The Morgan fingerprint density at radius 3 is 2.46 bits per heavy atom. The number of nitrogens with zero attached hydrogens (tertiary/aromatic N) is 4. The van der Waals surface area contributed by atoms with E-state index in [1.807, 2.05) is 27.7 Å². The first-order valence-electron chi connectivity index (χ1n) is 11.9. The normalized spacial score (nSPS) is 22.0. The summed E-state index contributed by atoms with van der Waals surface area (Å²) in [5.41, 5.74) is 4.52. The molecule has 1 saturated heterocycles. The minimum atomic E-state index is -1.55. The van der Waals surface area contributed by atoms with E-state index < -0.39 is 35.9 Å². The van der Waals surface area contributed by atoms with Gasteiger partial charge in [-0.3, -0.25) is 14.2 Å². The van der Waals surface area contributed by atoms with E-state index in [4.69, 9.17) is 26.4 Å². The van der Waals surface area contributed by atoms with Crippen molar-refractivity contribution in [2.75, 3.05) is 12.3 Å². The number of imidazole rings is 1. The summed E-state index contributed by atoms with van der Waals surface area (Å²) in [6, 6.07) is 0. The number of carbonyl (C=O) groups is 2. The first-order valence-corrected chi connectivity index (χ1v) is 11.9. The fourth-order valence-electron chi connectivity index (χ4n) is 4.25. The van der Waals surface area contributed by atoms with Gasteiger partial charge in [0.25, 0.3) is 0 Å². The van der Waals surface area contributed by atoms with Gasteiger partial charge in [0.15, 0.2) is 17.0 Å². The highest BCUT2D eigenvalue weighted by Gasteiger charge is 2.53. The number of terminal acetylenes is 1. The van der Waals surface area contributed by atoms with Crippen LogP contribution in [0.25, 0.3) is 11.2 Å². The lowest BCUT2D eigenvalue weighted by Crippen LogP contribution is -2.46. The van der Waals surface area contributed by atoms with E-state index in [0.29, 0.717) is 25.7 Å². The Morgan fingerprint density at radius 1 is 1.23 bits per heavy atom. The molecule has 2 aromatic rings. The van der Waals surface area contributed by atoms with Crippen LogP contribution in [-0.2, 0) is 23.8 Å². The molecule has 3 atom stereocenters. The summed E-state index contributed by atoms with van der Waals surface area (Å²) in [6.07, 6.45) is 7.01. The number of rotatable bonds is 10. The summed E-state index contributed by atoms with van der Waals surface area (Å²) in [4.78, 5) is 36.8. The highest BCUT2D eigenvalue weighted by molar-refractivity contribution is 5.81. The van der Waals surface area contributed by atoms with Gasteiger partial charge >= 0.3 is 18.0 Å². The zero-order chi connectivity index (χ0) is 25.8. The largest absolute Gasteiger partial charge is 0.461 e. The second-order valence-electron chi connectivity index (χ2n) is 8.60. The van der Waals surface area contributed by atoms with Gasteiger partial charge in [-0.25, -0.2) is 4.98 Å². The smallest absolute Gasteiger partial charge is 0.312 e. The summed E-state index contributed by atoms with van der Waals surface area (Å²) in [6.45, 7) is 7.27. The molecule has 0 radical (unpaired) electrons. The van der Waals surface area contributed by atoms with E-state index in [9.17, 15) is 14.0 Å². The van der Waals surface area contributed by atoms with Crippen LogP contribution >= 0.6 is 0 Å². The van der Waals surface area contributed by atoms with Gasteiger partial charge in [0, 0.05) is 6.42 Å². The molecule has 0 aliphatic carbocycles.